The fraction of sp³-hybridized carbons (Fsp3) is 0.250. The van der Waals surface area contributed by atoms with Crippen LogP contribution in [0, 0.1) is 6.92 Å². The van der Waals surface area contributed by atoms with E-state index in [2.05, 4.69) is 24.1 Å². The molecule has 1 amide bonds. The van der Waals surface area contributed by atoms with Crippen molar-refractivity contribution in [1.29, 1.82) is 0 Å². The zero-order valence-electron chi connectivity index (χ0n) is 11.8. The number of rotatable bonds is 3. The number of carbonyl (C=O) groups is 1. The summed E-state index contributed by atoms with van der Waals surface area (Å²) in [6.45, 7) is 6.09. The number of carbonyl (C=O) groups excluding carboxylic acids is 1. The molecule has 0 saturated heterocycles. The van der Waals surface area contributed by atoms with Crippen molar-refractivity contribution in [3.8, 4) is 0 Å². The highest BCUT2D eigenvalue weighted by atomic mass is 35.5. The fourth-order valence-corrected chi connectivity index (χ4v) is 2.14. The summed E-state index contributed by atoms with van der Waals surface area (Å²) in [5.74, 6) is 0.218. The summed E-state index contributed by atoms with van der Waals surface area (Å²) in [5, 5.41) is 3.23. The average Bonchev–Trinajstić information content (AvgIpc) is 2.39. The Labute approximate surface area is 124 Å². The van der Waals surface area contributed by atoms with Crippen LogP contribution in [0.4, 0.5) is 5.69 Å². The highest BCUT2D eigenvalue weighted by Gasteiger charge is 2.11. The van der Waals surface area contributed by atoms with Crippen LogP contribution in [0.2, 0.25) is 5.02 Å². The van der Waals surface area contributed by atoms with Crippen LogP contribution >= 0.6 is 11.6 Å². The van der Waals surface area contributed by atoms with Crippen molar-refractivity contribution < 1.29 is 4.79 Å². The zero-order chi connectivity index (χ0) is 14.7. The molecule has 1 aromatic heterocycles. The Kier molecular flexibility index (Phi) is 4.40. The van der Waals surface area contributed by atoms with E-state index < -0.39 is 0 Å². The van der Waals surface area contributed by atoms with Gasteiger partial charge in [0.1, 0.15) is 0 Å². The molecule has 0 radical (unpaired) electrons. The molecule has 0 aliphatic heterocycles. The smallest absolute Gasteiger partial charge is 0.258 e. The highest BCUT2D eigenvalue weighted by Crippen LogP contribution is 2.20. The van der Waals surface area contributed by atoms with Crippen LogP contribution in [-0.4, -0.2) is 10.9 Å². The highest BCUT2D eigenvalue weighted by molar-refractivity contribution is 6.34. The predicted octanol–water partition coefficient (Wildman–Crippen LogP) is 4.42. The van der Waals surface area contributed by atoms with Crippen LogP contribution in [0.5, 0.6) is 0 Å². The molecule has 3 nitrogen and oxygen atoms in total. The maximum Gasteiger partial charge on any atom is 0.258 e. The Bertz CT molecular complexity index is 621. The molecular weight excluding hydrogens is 272 g/mol. The van der Waals surface area contributed by atoms with Crippen molar-refractivity contribution in [3.63, 3.8) is 0 Å². The van der Waals surface area contributed by atoms with Gasteiger partial charge in [-0.15, -0.1) is 0 Å². The van der Waals surface area contributed by atoms with E-state index in [1.807, 2.05) is 31.2 Å². The summed E-state index contributed by atoms with van der Waals surface area (Å²) in [6.07, 6.45) is 1.50. The van der Waals surface area contributed by atoms with Crippen LogP contribution in [0.15, 0.2) is 36.5 Å². The van der Waals surface area contributed by atoms with Gasteiger partial charge in [-0.05, 0) is 36.6 Å². The second-order valence-corrected chi connectivity index (χ2v) is 5.44. The van der Waals surface area contributed by atoms with Gasteiger partial charge in [-0.3, -0.25) is 9.78 Å². The van der Waals surface area contributed by atoms with E-state index in [0.717, 1.165) is 11.4 Å². The summed E-state index contributed by atoms with van der Waals surface area (Å²) >= 11 is 6.06. The lowest BCUT2D eigenvalue weighted by atomic mass is 10.0. The number of aromatic nitrogens is 1. The lowest BCUT2D eigenvalue weighted by Crippen LogP contribution is -2.13. The van der Waals surface area contributed by atoms with Gasteiger partial charge in [-0.2, -0.15) is 0 Å². The number of benzene rings is 1. The lowest BCUT2D eigenvalue weighted by Gasteiger charge is -2.09. The van der Waals surface area contributed by atoms with Crippen LogP contribution in [0.25, 0.3) is 0 Å². The molecule has 104 valence electrons. The predicted molar refractivity (Wildman–Crippen MR) is 82.5 cm³/mol. The number of aryl methyl sites for hydroxylation is 1. The molecule has 4 heteroatoms. The van der Waals surface area contributed by atoms with E-state index in [4.69, 9.17) is 11.6 Å². The molecule has 0 bridgehead atoms. The van der Waals surface area contributed by atoms with Crippen LogP contribution in [0.3, 0.4) is 0 Å². The van der Waals surface area contributed by atoms with E-state index >= 15 is 0 Å². The van der Waals surface area contributed by atoms with Gasteiger partial charge >= 0.3 is 0 Å². The first-order valence-electron chi connectivity index (χ1n) is 6.51. The zero-order valence-corrected chi connectivity index (χ0v) is 12.5. The maximum atomic E-state index is 12.1. The number of nitrogens with zero attached hydrogens (tertiary/aromatic N) is 1. The monoisotopic (exact) mass is 288 g/mol. The molecule has 0 spiro atoms. The largest absolute Gasteiger partial charge is 0.322 e. The Balaban J connectivity index is 2.15. The fourth-order valence-electron chi connectivity index (χ4n) is 1.84. The molecule has 2 aromatic rings. The lowest BCUT2D eigenvalue weighted by molar-refractivity contribution is 0.102. The van der Waals surface area contributed by atoms with Gasteiger partial charge < -0.3 is 5.32 Å². The van der Waals surface area contributed by atoms with Crippen molar-refractivity contribution in [3.05, 3.63) is 58.4 Å². The van der Waals surface area contributed by atoms with Crippen molar-refractivity contribution in [2.24, 2.45) is 0 Å². The maximum absolute atomic E-state index is 12.1. The molecule has 0 aliphatic carbocycles. The first-order valence-corrected chi connectivity index (χ1v) is 6.88. The molecule has 0 atom stereocenters. The van der Waals surface area contributed by atoms with E-state index in [0.29, 0.717) is 16.5 Å². The first kappa shape index (κ1) is 14.5. The second-order valence-electron chi connectivity index (χ2n) is 5.04. The summed E-state index contributed by atoms with van der Waals surface area (Å²) in [6, 6.07) is 9.48. The Hall–Kier alpha value is -1.87. The van der Waals surface area contributed by atoms with Crippen molar-refractivity contribution in [2.45, 2.75) is 26.7 Å². The van der Waals surface area contributed by atoms with Crippen molar-refractivity contribution >= 4 is 23.2 Å². The minimum Gasteiger partial charge on any atom is -0.322 e. The molecule has 0 saturated carbocycles. The number of hydrogen-bond acceptors (Lipinski definition) is 2. The van der Waals surface area contributed by atoms with E-state index in [9.17, 15) is 4.79 Å². The summed E-state index contributed by atoms with van der Waals surface area (Å²) in [7, 11) is 0. The third-order valence-electron chi connectivity index (χ3n) is 3.07. The second kappa shape index (κ2) is 6.06. The van der Waals surface area contributed by atoms with E-state index in [-0.39, 0.29) is 5.91 Å². The van der Waals surface area contributed by atoms with Gasteiger partial charge in [0.15, 0.2) is 0 Å². The Morgan fingerprint density at radius 3 is 2.45 bits per heavy atom. The van der Waals surface area contributed by atoms with Gasteiger partial charge in [0.05, 0.1) is 10.6 Å². The topological polar surface area (TPSA) is 42.0 Å². The third-order valence-corrected chi connectivity index (χ3v) is 3.38. The summed E-state index contributed by atoms with van der Waals surface area (Å²) < 4.78 is 0. The van der Waals surface area contributed by atoms with Gasteiger partial charge in [0.25, 0.3) is 5.91 Å². The molecule has 20 heavy (non-hydrogen) atoms. The number of pyridine rings is 1. The van der Waals surface area contributed by atoms with Gasteiger partial charge in [0.2, 0.25) is 0 Å². The minimum absolute atomic E-state index is 0.250. The number of halogens is 1. The molecule has 1 N–H and O–H groups in total. The number of anilines is 1. The third kappa shape index (κ3) is 3.36. The van der Waals surface area contributed by atoms with Crippen LogP contribution in [-0.2, 0) is 0 Å². The quantitative estimate of drug-likeness (QED) is 0.908. The van der Waals surface area contributed by atoms with Crippen LogP contribution < -0.4 is 5.32 Å². The van der Waals surface area contributed by atoms with Crippen molar-refractivity contribution in [2.75, 3.05) is 5.32 Å². The molecule has 0 unspecified atom stereocenters. The first-order chi connectivity index (χ1) is 9.47. The van der Waals surface area contributed by atoms with Gasteiger partial charge in [0, 0.05) is 17.6 Å². The SMILES string of the molecule is Cc1cc(Cl)c(C(=O)Nc2ccc(C(C)C)cc2)cn1. The summed E-state index contributed by atoms with van der Waals surface area (Å²) in [5.41, 5.74) is 3.15. The Morgan fingerprint density at radius 2 is 1.90 bits per heavy atom. The van der Waals surface area contributed by atoms with Crippen molar-refractivity contribution in [1.82, 2.24) is 4.98 Å². The minimum atomic E-state index is -0.250. The van der Waals surface area contributed by atoms with E-state index in [1.165, 1.54) is 11.8 Å². The molecule has 2 rings (SSSR count). The van der Waals surface area contributed by atoms with Gasteiger partial charge in [-0.25, -0.2) is 0 Å². The average molecular weight is 289 g/mol. The molecule has 1 heterocycles. The molecule has 0 fully saturated rings. The molecule has 1 aromatic carbocycles. The van der Waals surface area contributed by atoms with Gasteiger partial charge in [-0.1, -0.05) is 37.6 Å². The number of nitrogens with one attached hydrogen (secondary N) is 1. The van der Waals surface area contributed by atoms with Crippen LogP contribution in [0.1, 0.15) is 41.4 Å². The molecular formula is C16H17ClN2O. The summed E-state index contributed by atoms with van der Waals surface area (Å²) in [4.78, 5) is 16.2. The normalized spacial score (nSPS) is 10.7. The molecule has 0 aliphatic rings. The van der Waals surface area contributed by atoms with E-state index in [1.54, 1.807) is 6.07 Å². The number of amides is 1. The standard InChI is InChI=1S/C16H17ClN2O/c1-10(2)12-4-6-13(7-5-12)19-16(20)14-9-18-11(3)8-15(14)17/h4-10H,1-3H3,(H,19,20). The number of hydrogen-bond donors (Lipinski definition) is 1. The Morgan fingerprint density at radius 1 is 1.25 bits per heavy atom.